The van der Waals surface area contributed by atoms with Crippen LogP contribution in [0.25, 0.3) is 0 Å². The van der Waals surface area contributed by atoms with E-state index < -0.39 is 24.3 Å². The van der Waals surface area contributed by atoms with Gasteiger partial charge in [0.15, 0.2) is 6.10 Å². The van der Waals surface area contributed by atoms with Crippen molar-refractivity contribution in [2.45, 2.75) is 31.3 Å². The molecule has 2 unspecified atom stereocenters. The molecule has 1 aliphatic rings. The Balaban J connectivity index is 1.89. The molecule has 0 radical (unpaired) electrons. The summed E-state index contributed by atoms with van der Waals surface area (Å²) in [5.74, 6) is -1.02. The molecule has 0 amide bonds. The van der Waals surface area contributed by atoms with Gasteiger partial charge in [0.25, 0.3) is 0 Å². The van der Waals surface area contributed by atoms with Gasteiger partial charge in [0.1, 0.15) is 6.10 Å². The van der Waals surface area contributed by atoms with Crippen LogP contribution in [-0.2, 0) is 20.9 Å². The highest BCUT2D eigenvalue weighted by Gasteiger charge is 2.34. The minimum atomic E-state index is -1.02. The standard InChI is InChI=1S/C13H16O5/c14-10-8-18-12(13(15)16)6-11(10)17-7-9-4-2-1-3-5-9/h1-5,10-12,14H,6-8H2,(H,15,16)/t10?,11-,12?/m0/s1. The first kappa shape index (κ1) is 13.0. The van der Waals surface area contributed by atoms with Crippen LogP contribution in [0.5, 0.6) is 0 Å². The molecular formula is C13H16O5. The van der Waals surface area contributed by atoms with Crippen LogP contribution < -0.4 is 0 Å². The van der Waals surface area contributed by atoms with E-state index in [0.717, 1.165) is 5.56 Å². The summed E-state index contributed by atoms with van der Waals surface area (Å²) in [6.07, 6.45) is -2.00. The van der Waals surface area contributed by atoms with Gasteiger partial charge in [0.05, 0.1) is 19.3 Å². The fraction of sp³-hybridized carbons (Fsp3) is 0.462. The second-order valence-electron chi connectivity index (χ2n) is 4.30. The van der Waals surface area contributed by atoms with E-state index in [1.165, 1.54) is 0 Å². The van der Waals surface area contributed by atoms with Crippen molar-refractivity contribution in [3.8, 4) is 0 Å². The monoisotopic (exact) mass is 252 g/mol. The van der Waals surface area contributed by atoms with Crippen LogP contribution >= 0.6 is 0 Å². The average molecular weight is 252 g/mol. The summed E-state index contributed by atoms with van der Waals surface area (Å²) in [6.45, 7) is 0.353. The van der Waals surface area contributed by atoms with E-state index in [1.54, 1.807) is 0 Å². The lowest BCUT2D eigenvalue weighted by Crippen LogP contribution is -2.45. The van der Waals surface area contributed by atoms with E-state index in [0.29, 0.717) is 6.61 Å². The Morgan fingerprint density at radius 3 is 2.78 bits per heavy atom. The van der Waals surface area contributed by atoms with Gasteiger partial charge in [-0.3, -0.25) is 0 Å². The van der Waals surface area contributed by atoms with Crippen LogP contribution in [0.3, 0.4) is 0 Å². The van der Waals surface area contributed by atoms with Gasteiger partial charge < -0.3 is 19.7 Å². The molecule has 2 N–H and O–H groups in total. The number of ether oxygens (including phenoxy) is 2. The Morgan fingerprint density at radius 2 is 2.11 bits per heavy atom. The van der Waals surface area contributed by atoms with Crippen LogP contribution in [0.1, 0.15) is 12.0 Å². The Kier molecular flexibility index (Phi) is 4.30. The molecule has 1 fully saturated rings. The summed E-state index contributed by atoms with van der Waals surface area (Å²) in [5.41, 5.74) is 0.989. The van der Waals surface area contributed by atoms with E-state index in [9.17, 15) is 9.90 Å². The fourth-order valence-electron chi connectivity index (χ4n) is 1.89. The van der Waals surface area contributed by atoms with E-state index in [4.69, 9.17) is 14.6 Å². The molecular weight excluding hydrogens is 236 g/mol. The predicted molar refractivity (Wildman–Crippen MR) is 63.0 cm³/mol. The van der Waals surface area contributed by atoms with Crippen LogP contribution in [0.15, 0.2) is 30.3 Å². The van der Waals surface area contributed by atoms with Crippen molar-refractivity contribution in [3.63, 3.8) is 0 Å². The van der Waals surface area contributed by atoms with Crippen molar-refractivity contribution >= 4 is 5.97 Å². The summed E-state index contributed by atoms with van der Waals surface area (Å²) >= 11 is 0. The van der Waals surface area contributed by atoms with Gasteiger partial charge in [-0.1, -0.05) is 30.3 Å². The molecule has 98 valence electrons. The van der Waals surface area contributed by atoms with E-state index >= 15 is 0 Å². The molecule has 0 saturated carbocycles. The van der Waals surface area contributed by atoms with E-state index in [1.807, 2.05) is 30.3 Å². The second kappa shape index (κ2) is 5.95. The molecule has 0 bridgehead atoms. The Hall–Kier alpha value is -1.43. The molecule has 5 nitrogen and oxygen atoms in total. The second-order valence-corrected chi connectivity index (χ2v) is 4.30. The zero-order valence-electron chi connectivity index (χ0n) is 9.86. The molecule has 1 aliphatic heterocycles. The number of aliphatic hydroxyl groups is 1. The van der Waals surface area contributed by atoms with Gasteiger partial charge in [-0.25, -0.2) is 4.79 Å². The molecule has 1 heterocycles. The Morgan fingerprint density at radius 1 is 1.39 bits per heavy atom. The quantitative estimate of drug-likeness (QED) is 0.829. The molecule has 18 heavy (non-hydrogen) atoms. The third kappa shape index (κ3) is 3.29. The van der Waals surface area contributed by atoms with Gasteiger partial charge >= 0.3 is 5.97 Å². The number of hydrogen-bond acceptors (Lipinski definition) is 4. The number of hydrogen-bond donors (Lipinski definition) is 2. The topological polar surface area (TPSA) is 76.0 Å². The Bertz CT molecular complexity index is 392. The minimum absolute atomic E-state index is 0.00355. The van der Waals surface area contributed by atoms with Crippen LogP contribution in [0.4, 0.5) is 0 Å². The summed E-state index contributed by atoms with van der Waals surface area (Å²) in [5, 5.41) is 18.6. The molecule has 5 heteroatoms. The molecule has 0 spiro atoms. The van der Waals surface area contributed by atoms with Gasteiger partial charge in [-0.05, 0) is 5.56 Å². The first-order chi connectivity index (χ1) is 8.66. The maximum atomic E-state index is 10.8. The van der Waals surface area contributed by atoms with Crippen LogP contribution in [0.2, 0.25) is 0 Å². The third-order valence-electron chi connectivity index (χ3n) is 2.93. The Labute approximate surface area is 105 Å². The van der Waals surface area contributed by atoms with Crippen molar-refractivity contribution in [1.82, 2.24) is 0 Å². The average Bonchev–Trinajstić information content (AvgIpc) is 2.38. The van der Waals surface area contributed by atoms with Crippen LogP contribution in [0, 0.1) is 0 Å². The van der Waals surface area contributed by atoms with Gasteiger partial charge in [-0.2, -0.15) is 0 Å². The van der Waals surface area contributed by atoms with Crippen LogP contribution in [-0.4, -0.2) is 41.1 Å². The highest BCUT2D eigenvalue weighted by atomic mass is 16.5. The fourth-order valence-corrected chi connectivity index (χ4v) is 1.89. The van der Waals surface area contributed by atoms with Gasteiger partial charge in [-0.15, -0.1) is 0 Å². The summed E-state index contributed by atoms with van der Waals surface area (Å²) < 4.78 is 10.6. The zero-order chi connectivity index (χ0) is 13.0. The lowest BCUT2D eigenvalue weighted by molar-refractivity contribution is -0.176. The lowest BCUT2D eigenvalue weighted by atomic mass is 10.0. The van der Waals surface area contributed by atoms with Crippen molar-refractivity contribution in [2.24, 2.45) is 0 Å². The highest BCUT2D eigenvalue weighted by Crippen LogP contribution is 2.19. The maximum absolute atomic E-state index is 10.8. The zero-order valence-corrected chi connectivity index (χ0v) is 9.86. The number of aliphatic carboxylic acids is 1. The maximum Gasteiger partial charge on any atom is 0.332 e. The van der Waals surface area contributed by atoms with Crippen molar-refractivity contribution in [3.05, 3.63) is 35.9 Å². The number of carboxylic acids is 1. The highest BCUT2D eigenvalue weighted by molar-refractivity contribution is 5.72. The van der Waals surface area contributed by atoms with Crippen molar-refractivity contribution in [1.29, 1.82) is 0 Å². The normalized spacial score (nSPS) is 27.9. The molecule has 1 aromatic rings. The minimum Gasteiger partial charge on any atom is -0.479 e. The lowest BCUT2D eigenvalue weighted by Gasteiger charge is -2.31. The predicted octanol–water partition coefficient (Wildman–Crippen LogP) is 0.806. The molecule has 2 rings (SSSR count). The first-order valence-electron chi connectivity index (χ1n) is 5.85. The first-order valence-corrected chi connectivity index (χ1v) is 5.85. The largest absolute Gasteiger partial charge is 0.479 e. The molecule has 0 aliphatic carbocycles. The molecule has 0 aromatic heterocycles. The van der Waals surface area contributed by atoms with Crippen molar-refractivity contribution < 1.29 is 24.5 Å². The van der Waals surface area contributed by atoms with Gasteiger partial charge in [0, 0.05) is 6.42 Å². The van der Waals surface area contributed by atoms with Crippen molar-refractivity contribution in [2.75, 3.05) is 6.61 Å². The number of rotatable bonds is 4. The summed E-state index contributed by atoms with van der Waals surface area (Å²) in [6, 6.07) is 9.55. The molecule has 1 saturated heterocycles. The summed E-state index contributed by atoms with van der Waals surface area (Å²) in [7, 11) is 0. The number of benzene rings is 1. The van der Waals surface area contributed by atoms with Gasteiger partial charge in [0.2, 0.25) is 0 Å². The number of carboxylic acid groups (broad SMARTS) is 1. The number of aliphatic hydroxyl groups excluding tert-OH is 1. The smallest absolute Gasteiger partial charge is 0.332 e. The number of carbonyl (C=O) groups is 1. The SMILES string of the molecule is O=C(O)C1C[C@H](OCc2ccccc2)C(O)CO1. The van der Waals surface area contributed by atoms with E-state index in [2.05, 4.69) is 0 Å². The summed E-state index contributed by atoms with van der Waals surface area (Å²) in [4.78, 5) is 10.8. The third-order valence-corrected chi connectivity index (χ3v) is 2.93. The molecule has 3 atom stereocenters. The van der Waals surface area contributed by atoms with E-state index in [-0.39, 0.29) is 13.0 Å². The molecule has 1 aromatic carbocycles.